The molecule has 0 spiro atoms. The van der Waals surface area contributed by atoms with Gasteiger partial charge in [0.15, 0.2) is 23.0 Å². The monoisotopic (exact) mass is 470 g/mol. The number of morpholine rings is 1. The summed E-state index contributed by atoms with van der Waals surface area (Å²) in [7, 11) is 7.88. The number of ether oxygens (including phenoxy) is 5. The quantitative estimate of drug-likeness (QED) is 0.641. The van der Waals surface area contributed by atoms with Crippen molar-refractivity contribution in [3.8, 4) is 23.0 Å². The number of methoxy groups -OCH3 is 4. The normalized spacial score (nSPS) is 20.0. The van der Waals surface area contributed by atoms with Gasteiger partial charge in [0.1, 0.15) is 0 Å². The Morgan fingerprint density at radius 1 is 0.882 bits per heavy atom. The minimum absolute atomic E-state index is 0.0732. The Balaban J connectivity index is 1.91. The minimum atomic E-state index is -0.659. The molecule has 9 nitrogen and oxygen atoms in total. The second-order valence-corrected chi connectivity index (χ2v) is 8.19. The van der Waals surface area contributed by atoms with Crippen LogP contribution in [0.15, 0.2) is 30.3 Å². The number of benzene rings is 2. The van der Waals surface area contributed by atoms with Crippen molar-refractivity contribution < 1.29 is 33.3 Å². The van der Waals surface area contributed by atoms with Gasteiger partial charge in [0.25, 0.3) is 5.91 Å². The van der Waals surface area contributed by atoms with Crippen molar-refractivity contribution in [1.29, 1.82) is 0 Å². The Morgan fingerprint density at radius 2 is 1.47 bits per heavy atom. The summed E-state index contributed by atoms with van der Waals surface area (Å²) in [6, 6.07) is 8.30. The standard InChI is InChI=1S/C25H30N2O7/c1-26-23(15-6-7-18(30-2)19(12-15)31-3)22(25(29)27-8-10-34-11-9-27)16-13-20(32-4)21(33-5)14-17(16)24(26)28/h6-7,12-14,22-23H,8-11H2,1-5H3/t22-,23-/m1/s1. The van der Waals surface area contributed by atoms with Gasteiger partial charge in [-0.3, -0.25) is 9.59 Å². The van der Waals surface area contributed by atoms with Crippen molar-refractivity contribution in [2.45, 2.75) is 12.0 Å². The van der Waals surface area contributed by atoms with Gasteiger partial charge < -0.3 is 33.5 Å². The van der Waals surface area contributed by atoms with Gasteiger partial charge in [0.2, 0.25) is 5.91 Å². The molecule has 182 valence electrons. The van der Waals surface area contributed by atoms with E-state index < -0.39 is 12.0 Å². The highest BCUT2D eigenvalue weighted by atomic mass is 16.5. The largest absolute Gasteiger partial charge is 0.493 e. The minimum Gasteiger partial charge on any atom is -0.493 e. The molecule has 9 heteroatoms. The van der Waals surface area contributed by atoms with Gasteiger partial charge in [0, 0.05) is 25.7 Å². The molecule has 1 saturated heterocycles. The molecule has 2 aliphatic rings. The predicted octanol–water partition coefficient (Wildman–Crippen LogP) is 2.49. The zero-order valence-electron chi connectivity index (χ0n) is 20.1. The second-order valence-electron chi connectivity index (χ2n) is 8.19. The summed E-state index contributed by atoms with van der Waals surface area (Å²) < 4.78 is 27.3. The zero-order chi connectivity index (χ0) is 24.4. The fourth-order valence-electron chi connectivity index (χ4n) is 4.75. The highest BCUT2D eigenvalue weighted by Gasteiger charge is 2.45. The number of hydrogen-bond donors (Lipinski definition) is 0. The lowest BCUT2D eigenvalue weighted by Crippen LogP contribution is -2.49. The number of likely N-dealkylation sites (N-methyl/N-ethyl adjacent to an activating group) is 1. The first-order valence-corrected chi connectivity index (χ1v) is 11.1. The van der Waals surface area contributed by atoms with Gasteiger partial charge in [-0.2, -0.15) is 0 Å². The van der Waals surface area contributed by atoms with E-state index in [1.54, 1.807) is 49.3 Å². The van der Waals surface area contributed by atoms with Crippen molar-refractivity contribution in [1.82, 2.24) is 9.80 Å². The number of hydrogen-bond acceptors (Lipinski definition) is 7. The van der Waals surface area contributed by atoms with Gasteiger partial charge in [-0.25, -0.2) is 0 Å². The van der Waals surface area contributed by atoms with Gasteiger partial charge in [0.05, 0.1) is 53.6 Å². The molecule has 0 aliphatic carbocycles. The third-order valence-electron chi connectivity index (χ3n) is 6.51. The molecule has 2 aliphatic heterocycles. The summed E-state index contributed by atoms with van der Waals surface area (Å²) in [4.78, 5) is 30.9. The fourth-order valence-corrected chi connectivity index (χ4v) is 4.75. The molecule has 34 heavy (non-hydrogen) atoms. The van der Waals surface area contributed by atoms with Crippen LogP contribution in [0, 0.1) is 0 Å². The Labute approximate surface area is 199 Å². The maximum absolute atomic E-state index is 14.0. The van der Waals surface area contributed by atoms with Crippen LogP contribution in [0.1, 0.15) is 33.4 Å². The summed E-state index contributed by atoms with van der Waals surface area (Å²) in [5, 5.41) is 0. The summed E-state index contributed by atoms with van der Waals surface area (Å²) in [6.45, 7) is 1.95. The topological polar surface area (TPSA) is 86.8 Å². The highest BCUT2D eigenvalue weighted by molar-refractivity contribution is 6.02. The first kappa shape index (κ1) is 23.7. The average Bonchev–Trinajstić information content (AvgIpc) is 2.89. The van der Waals surface area contributed by atoms with Gasteiger partial charge in [-0.1, -0.05) is 6.07 Å². The van der Waals surface area contributed by atoms with Crippen LogP contribution in [0.2, 0.25) is 0 Å². The van der Waals surface area contributed by atoms with Crippen LogP contribution in [0.25, 0.3) is 0 Å². The SMILES string of the molecule is COc1ccc([C@@H]2[C@H](C(=O)N3CCOCC3)c3cc(OC)c(OC)cc3C(=O)N2C)cc1OC. The van der Waals surface area contributed by atoms with E-state index in [2.05, 4.69) is 0 Å². The molecule has 0 saturated carbocycles. The predicted molar refractivity (Wildman–Crippen MR) is 124 cm³/mol. The van der Waals surface area contributed by atoms with E-state index >= 15 is 0 Å². The van der Waals surface area contributed by atoms with Gasteiger partial charge >= 0.3 is 0 Å². The number of rotatable bonds is 6. The van der Waals surface area contributed by atoms with Crippen LogP contribution in [0.5, 0.6) is 23.0 Å². The van der Waals surface area contributed by atoms with E-state index in [-0.39, 0.29) is 11.8 Å². The molecular formula is C25H30N2O7. The van der Waals surface area contributed by atoms with E-state index in [9.17, 15) is 9.59 Å². The third kappa shape index (κ3) is 4.00. The van der Waals surface area contributed by atoms with Crippen molar-refractivity contribution in [2.24, 2.45) is 0 Å². The molecule has 2 aromatic rings. The van der Waals surface area contributed by atoms with Crippen LogP contribution in [-0.4, -0.2) is 83.4 Å². The van der Waals surface area contributed by atoms with E-state index in [0.29, 0.717) is 60.4 Å². The maximum atomic E-state index is 14.0. The molecule has 1 fully saturated rings. The van der Waals surface area contributed by atoms with E-state index in [1.807, 2.05) is 12.1 Å². The Morgan fingerprint density at radius 3 is 2.09 bits per heavy atom. The summed E-state index contributed by atoms with van der Waals surface area (Å²) in [6.07, 6.45) is 0. The molecule has 2 amide bonds. The molecule has 0 N–H and O–H groups in total. The van der Waals surface area contributed by atoms with Crippen LogP contribution in [0.3, 0.4) is 0 Å². The molecule has 2 aromatic carbocycles. The molecule has 2 heterocycles. The number of carbonyl (C=O) groups excluding carboxylic acids is 2. The fraction of sp³-hybridized carbons (Fsp3) is 0.440. The van der Waals surface area contributed by atoms with E-state index in [0.717, 1.165) is 5.56 Å². The summed E-state index contributed by atoms with van der Waals surface area (Å²) in [5.74, 6) is 1.05. The number of nitrogens with zero attached hydrogens (tertiary/aromatic N) is 2. The third-order valence-corrected chi connectivity index (χ3v) is 6.51. The first-order valence-electron chi connectivity index (χ1n) is 11.1. The van der Waals surface area contributed by atoms with Gasteiger partial charge in [-0.05, 0) is 35.4 Å². The van der Waals surface area contributed by atoms with E-state index in [1.165, 1.54) is 14.2 Å². The molecule has 0 unspecified atom stereocenters. The molecule has 0 bridgehead atoms. The lowest BCUT2D eigenvalue weighted by molar-refractivity contribution is -0.138. The molecule has 0 aromatic heterocycles. The summed E-state index contributed by atoms with van der Waals surface area (Å²) >= 11 is 0. The molecule has 2 atom stereocenters. The first-order chi connectivity index (χ1) is 16.4. The number of amides is 2. The van der Waals surface area contributed by atoms with Crippen molar-refractivity contribution in [3.63, 3.8) is 0 Å². The Bertz CT molecular complexity index is 1080. The molecule has 4 rings (SSSR count). The van der Waals surface area contributed by atoms with Crippen molar-refractivity contribution in [2.75, 3.05) is 61.8 Å². The van der Waals surface area contributed by atoms with Gasteiger partial charge in [-0.15, -0.1) is 0 Å². The Hall–Kier alpha value is -3.46. The van der Waals surface area contributed by atoms with Crippen LogP contribution >= 0.6 is 0 Å². The lowest BCUT2D eigenvalue weighted by Gasteiger charge is -2.42. The summed E-state index contributed by atoms with van der Waals surface area (Å²) in [5.41, 5.74) is 1.79. The molecular weight excluding hydrogens is 440 g/mol. The smallest absolute Gasteiger partial charge is 0.254 e. The lowest BCUT2D eigenvalue weighted by atomic mass is 9.78. The van der Waals surface area contributed by atoms with Crippen LogP contribution in [-0.2, 0) is 9.53 Å². The highest BCUT2D eigenvalue weighted by Crippen LogP contribution is 2.47. The van der Waals surface area contributed by atoms with Crippen LogP contribution < -0.4 is 18.9 Å². The second kappa shape index (κ2) is 9.80. The van der Waals surface area contributed by atoms with Crippen molar-refractivity contribution in [3.05, 3.63) is 47.0 Å². The van der Waals surface area contributed by atoms with Crippen LogP contribution in [0.4, 0.5) is 0 Å². The maximum Gasteiger partial charge on any atom is 0.254 e. The zero-order valence-corrected chi connectivity index (χ0v) is 20.1. The number of carbonyl (C=O) groups is 2. The van der Waals surface area contributed by atoms with E-state index in [4.69, 9.17) is 23.7 Å². The average molecular weight is 471 g/mol. The number of fused-ring (bicyclic) bond motifs is 1. The Kier molecular flexibility index (Phi) is 6.83. The molecule has 0 radical (unpaired) electrons. The van der Waals surface area contributed by atoms with Crippen molar-refractivity contribution >= 4 is 11.8 Å².